The minimum absolute atomic E-state index is 0.0320. The molecule has 1 aromatic carbocycles. The van der Waals surface area contributed by atoms with Gasteiger partial charge in [-0.1, -0.05) is 39.0 Å². The van der Waals surface area contributed by atoms with Crippen LogP contribution in [0.15, 0.2) is 24.3 Å². The Hall–Kier alpha value is -2.28. The van der Waals surface area contributed by atoms with E-state index >= 15 is 0 Å². The van der Waals surface area contributed by atoms with Gasteiger partial charge in [-0.2, -0.15) is 16.9 Å². The molecule has 2 aliphatic rings. The van der Waals surface area contributed by atoms with Crippen LogP contribution in [-0.4, -0.2) is 27.6 Å². The van der Waals surface area contributed by atoms with E-state index < -0.39 is 11.8 Å². The van der Waals surface area contributed by atoms with Crippen LogP contribution in [0.4, 0.5) is 5.82 Å². The number of anilines is 1. The number of hydrogen-bond acceptors (Lipinski definition) is 4. The SMILES string of the molecule is Cc1ccccc1-n1nc2c(c1NC(=O)C(=O)N[C@@H]1C[C@H](C)CC(C)(C)C1)CSC2. The zero-order valence-electron chi connectivity index (χ0n) is 18.1. The average Bonchev–Trinajstić information content (AvgIpc) is 3.23. The number of nitrogens with zero attached hydrogens (tertiary/aromatic N) is 2. The summed E-state index contributed by atoms with van der Waals surface area (Å²) >= 11 is 1.77. The summed E-state index contributed by atoms with van der Waals surface area (Å²) < 4.78 is 1.77. The maximum Gasteiger partial charge on any atom is 0.314 e. The Labute approximate surface area is 182 Å². The van der Waals surface area contributed by atoms with Crippen molar-refractivity contribution >= 4 is 29.4 Å². The van der Waals surface area contributed by atoms with Gasteiger partial charge in [0.05, 0.1) is 11.4 Å². The Morgan fingerprint density at radius 1 is 1.17 bits per heavy atom. The van der Waals surface area contributed by atoms with E-state index in [0.29, 0.717) is 11.7 Å². The molecule has 0 unspecified atom stereocenters. The number of amides is 2. The first-order valence-corrected chi connectivity index (χ1v) is 11.8. The highest BCUT2D eigenvalue weighted by molar-refractivity contribution is 7.98. The first-order valence-electron chi connectivity index (χ1n) is 10.6. The molecular weight excluding hydrogens is 396 g/mol. The normalized spacial score (nSPS) is 22.4. The number of carbonyl (C=O) groups is 2. The second-order valence-corrected chi connectivity index (χ2v) is 10.5. The Balaban J connectivity index is 1.53. The van der Waals surface area contributed by atoms with Gasteiger partial charge in [0.25, 0.3) is 0 Å². The molecule has 160 valence electrons. The van der Waals surface area contributed by atoms with Gasteiger partial charge in [-0.3, -0.25) is 9.59 Å². The Kier molecular flexibility index (Phi) is 5.66. The lowest BCUT2D eigenvalue weighted by Gasteiger charge is -2.39. The highest BCUT2D eigenvalue weighted by atomic mass is 32.2. The molecule has 7 heteroatoms. The van der Waals surface area contributed by atoms with Gasteiger partial charge in [0.15, 0.2) is 0 Å². The molecule has 1 aromatic heterocycles. The number of para-hydroxylation sites is 1. The van der Waals surface area contributed by atoms with Crippen molar-refractivity contribution in [3.05, 3.63) is 41.1 Å². The van der Waals surface area contributed by atoms with Crippen molar-refractivity contribution in [2.75, 3.05) is 5.32 Å². The van der Waals surface area contributed by atoms with Crippen molar-refractivity contribution in [3.63, 3.8) is 0 Å². The van der Waals surface area contributed by atoms with Gasteiger partial charge in [0, 0.05) is 23.1 Å². The number of benzene rings is 1. The molecular formula is C23H30N4O2S. The lowest BCUT2D eigenvalue weighted by atomic mass is 9.70. The number of rotatable bonds is 3. The fourth-order valence-corrected chi connectivity index (χ4v) is 6.02. The molecule has 2 N–H and O–H groups in total. The minimum Gasteiger partial charge on any atom is -0.345 e. The van der Waals surface area contributed by atoms with Crippen molar-refractivity contribution in [2.24, 2.45) is 11.3 Å². The van der Waals surface area contributed by atoms with E-state index in [-0.39, 0.29) is 11.5 Å². The highest BCUT2D eigenvalue weighted by Gasteiger charge is 2.34. The summed E-state index contributed by atoms with van der Waals surface area (Å²) in [6.45, 7) is 8.68. The first kappa shape index (κ1) is 21.0. The Morgan fingerprint density at radius 3 is 2.67 bits per heavy atom. The van der Waals surface area contributed by atoms with Gasteiger partial charge in [-0.25, -0.2) is 4.68 Å². The summed E-state index contributed by atoms with van der Waals surface area (Å²) in [4.78, 5) is 25.5. The molecule has 4 rings (SSSR count). The Bertz CT molecular complexity index is 982. The summed E-state index contributed by atoms with van der Waals surface area (Å²) in [6, 6.07) is 7.95. The van der Waals surface area contributed by atoms with Crippen LogP contribution >= 0.6 is 11.8 Å². The van der Waals surface area contributed by atoms with E-state index in [1.807, 2.05) is 31.2 Å². The van der Waals surface area contributed by atoms with E-state index in [4.69, 9.17) is 5.10 Å². The van der Waals surface area contributed by atoms with E-state index in [9.17, 15) is 9.59 Å². The third-order valence-corrected chi connectivity index (χ3v) is 7.03. The number of carbonyl (C=O) groups excluding carboxylic acids is 2. The fourth-order valence-electron chi connectivity index (χ4n) is 4.99. The maximum atomic E-state index is 12.8. The van der Waals surface area contributed by atoms with Crippen LogP contribution in [0, 0.1) is 18.3 Å². The Morgan fingerprint density at radius 2 is 1.93 bits per heavy atom. The molecule has 6 nitrogen and oxygen atoms in total. The van der Waals surface area contributed by atoms with Crippen molar-refractivity contribution in [3.8, 4) is 5.69 Å². The van der Waals surface area contributed by atoms with Crippen molar-refractivity contribution in [2.45, 2.75) is 64.5 Å². The van der Waals surface area contributed by atoms with Crippen LogP contribution in [0.3, 0.4) is 0 Å². The van der Waals surface area contributed by atoms with Crippen LogP contribution in [0.2, 0.25) is 0 Å². The molecule has 2 heterocycles. The average molecular weight is 427 g/mol. The van der Waals surface area contributed by atoms with Crippen molar-refractivity contribution in [1.82, 2.24) is 15.1 Å². The summed E-state index contributed by atoms with van der Waals surface area (Å²) in [6.07, 6.45) is 2.95. The summed E-state index contributed by atoms with van der Waals surface area (Å²) in [5, 5.41) is 10.6. The zero-order chi connectivity index (χ0) is 21.5. The number of aryl methyl sites for hydroxylation is 1. The monoisotopic (exact) mass is 426 g/mol. The van der Waals surface area contributed by atoms with Gasteiger partial charge in [0.1, 0.15) is 5.82 Å². The molecule has 1 aliphatic heterocycles. The molecule has 1 fully saturated rings. The number of nitrogens with one attached hydrogen (secondary N) is 2. The topological polar surface area (TPSA) is 76.0 Å². The van der Waals surface area contributed by atoms with Crippen LogP contribution in [0.5, 0.6) is 0 Å². The van der Waals surface area contributed by atoms with Crippen LogP contribution in [0.1, 0.15) is 56.9 Å². The standard InChI is InChI=1S/C23H30N4O2S/c1-14-9-16(11-23(3,4)10-14)24-21(28)22(29)25-20-17-12-30-13-18(17)26-27(20)19-8-6-5-7-15(19)2/h5-8,14,16H,9-13H2,1-4H3,(H,24,28)(H,25,29)/t14-,16+/m0/s1. The number of hydrogen-bond donors (Lipinski definition) is 2. The molecule has 2 aromatic rings. The van der Waals surface area contributed by atoms with Gasteiger partial charge in [-0.15, -0.1) is 0 Å². The van der Waals surface area contributed by atoms with E-state index in [0.717, 1.165) is 53.3 Å². The molecule has 1 aliphatic carbocycles. The highest BCUT2D eigenvalue weighted by Crippen LogP contribution is 2.39. The largest absolute Gasteiger partial charge is 0.345 e. The smallest absolute Gasteiger partial charge is 0.314 e. The lowest BCUT2D eigenvalue weighted by molar-refractivity contribution is -0.137. The number of fused-ring (bicyclic) bond motifs is 1. The number of thioether (sulfide) groups is 1. The molecule has 30 heavy (non-hydrogen) atoms. The molecule has 2 amide bonds. The molecule has 2 atom stereocenters. The van der Waals surface area contributed by atoms with Gasteiger partial charge in [-0.05, 0) is 49.1 Å². The molecule has 1 saturated carbocycles. The zero-order valence-corrected chi connectivity index (χ0v) is 18.9. The lowest BCUT2D eigenvalue weighted by Crippen LogP contribution is -2.46. The van der Waals surface area contributed by atoms with Crippen LogP contribution < -0.4 is 10.6 Å². The second-order valence-electron chi connectivity index (χ2n) is 9.50. The fraction of sp³-hybridized carbons (Fsp3) is 0.522. The second kappa shape index (κ2) is 8.10. The summed E-state index contributed by atoms with van der Waals surface area (Å²) in [5.74, 6) is 1.56. The van der Waals surface area contributed by atoms with E-state index in [1.54, 1.807) is 16.4 Å². The first-order chi connectivity index (χ1) is 14.2. The van der Waals surface area contributed by atoms with Crippen LogP contribution in [-0.2, 0) is 21.1 Å². The molecule has 0 bridgehead atoms. The van der Waals surface area contributed by atoms with E-state index in [2.05, 4.69) is 31.4 Å². The predicted octanol–water partition coefficient (Wildman–Crippen LogP) is 4.20. The van der Waals surface area contributed by atoms with Gasteiger partial charge >= 0.3 is 11.8 Å². The maximum absolute atomic E-state index is 12.8. The summed E-state index contributed by atoms with van der Waals surface area (Å²) in [5.41, 5.74) is 4.13. The number of aromatic nitrogens is 2. The third kappa shape index (κ3) is 4.26. The van der Waals surface area contributed by atoms with Gasteiger partial charge < -0.3 is 10.6 Å². The minimum atomic E-state index is -0.625. The molecule has 0 spiro atoms. The van der Waals surface area contributed by atoms with Gasteiger partial charge in [0.2, 0.25) is 0 Å². The molecule has 0 radical (unpaired) electrons. The third-order valence-electron chi connectivity index (χ3n) is 6.06. The van der Waals surface area contributed by atoms with Crippen molar-refractivity contribution < 1.29 is 9.59 Å². The predicted molar refractivity (Wildman–Crippen MR) is 121 cm³/mol. The van der Waals surface area contributed by atoms with Crippen molar-refractivity contribution in [1.29, 1.82) is 0 Å². The summed E-state index contributed by atoms with van der Waals surface area (Å²) in [7, 11) is 0. The quantitative estimate of drug-likeness (QED) is 0.722. The van der Waals surface area contributed by atoms with E-state index in [1.165, 1.54) is 0 Å². The molecule has 0 saturated heterocycles. The van der Waals surface area contributed by atoms with Crippen LogP contribution in [0.25, 0.3) is 5.69 Å².